The topological polar surface area (TPSA) is 98.9 Å². The predicted molar refractivity (Wildman–Crippen MR) is 71.9 cm³/mol. The molecule has 8 heteroatoms. The highest BCUT2D eigenvalue weighted by Crippen LogP contribution is 2.23. The van der Waals surface area contributed by atoms with Crippen LogP contribution in [0, 0.1) is 0 Å². The van der Waals surface area contributed by atoms with E-state index in [-0.39, 0.29) is 16.3 Å². The number of hydrogen-bond acceptors (Lipinski definition) is 6. The zero-order chi connectivity index (χ0) is 14.0. The Bertz CT molecular complexity index is 553. The van der Waals surface area contributed by atoms with E-state index in [1.54, 1.807) is 5.01 Å². The van der Waals surface area contributed by atoms with Gasteiger partial charge in [-0.3, -0.25) is 0 Å². The van der Waals surface area contributed by atoms with Crippen LogP contribution in [0.1, 0.15) is 0 Å². The van der Waals surface area contributed by atoms with Crippen LogP contribution in [-0.4, -0.2) is 56.7 Å². The molecule has 0 unspecified atom stereocenters. The van der Waals surface area contributed by atoms with Gasteiger partial charge in [-0.1, -0.05) is 0 Å². The first-order chi connectivity index (χ1) is 8.88. The highest BCUT2D eigenvalue weighted by Gasteiger charge is 2.21. The molecule has 1 aliphatic rings. The Labute approximate surface area is 112 Å². The third-order valence-electron chi connectivity index (χ3n) is 3.06. The van der Waals surface area contributed by atoms with Crippen LogP contribution >= 0.6 is 0 Å². The molecule has 1 aromatic carbocycles. The van der Waals surface area contributed by atoms with Crippen LogP contribution in [0.3, 0.4) is 0 Å². The number of aromatic hydroxyl groups is 1. The minimum absolute atomic E-state index is 0.0428. The number of likely N-dealkylation sites (N-methyl/N-ethyl adjacent to an activating group) is 1. The van der Waals surface area contributed by atoms with E-state index in [1.807, 2.05) is 7.05 Å². The fourth-order valence-electron chi connectivity index (χ4n) is 1.82. The van der Waals surface area contributed by atoms with Crippen molar-refractivity contribution in [2.75, 3.05) is 39.0 Å². The van der Waals surface area contributed by atoms with E-state index in [9.17, 15) is 13.5 Å². The molecule has 106 valence electrons. The smallest absolute Gasteiger partial charge is 0.253 e. The van der Waals surface area contributed by atoms with Crippen LogP contribution in [0.15, 0.2) is 23.1 Å². The molecule has 1 saturated heterocycles. The lowest BCUT2D eigenvalue weighted by molar-refractivity contribution is 0.135. The molecule has 7 nitrogen and oxygen atoms in total. The molecule has 0 bridgehead atoms. The summed E-state index contributed by atoms with van der Waals surface area (Å²) in [4.78, 5) is 4.69. The lowest BCUT2D eigenvalue weighted by atomic mass is 10.3. The molecule has 0 amide bonds. The second-order valence-electron chi connectivity index (χ2n) is 4.61. The molecule has 1 heterocycles. The number of hydrazine groups is 1. The van der Waals surface area contributed by atoms with Crippen LogP contribution in [0.5, 0.6) is 5.75 Å². The first kappa shape index (κ1) is 14.1. The average Bonchev–Trinajstić information content (AvgIpc) is 2.35. The second-order valence-corrected chi connectivity index (χ2v) is 6.27. The number of hydrogen-bond donors (Lipinski definition) is 3. The quantitative estimate of drug-likeness (QED) is 0.508. The van der Waals surface area contributed by atoms with Crippen molar-refractivity contribution in [3.8, 4) is 5.75 Å². The maximum Gasteiger partial charge on any atom is 0.253 e. The molecule has 19 heavy (non-hydrogen) atoms. The minimum Gasteiger partial charge on any atom is -0.506 e. The summed E-state index contributed by atoms with van der Waals surface area (Å²) in [6, 6.07) is 3.84. The normalized spacial score (nSPS) is 18.6. The Morgan fingerprint density at radius 3 is 2.47 bits per heavy atom. The SMILES string of the molecule is CN1CCN(NS(=O)(=O)c2ccc(O)c(N)c2)CC1. The van der Waals surface area contributed by atoms with Crippen molar-refractivity contribution in [1.82, 2.24) is 14.7 Å². The van der Waals surface area contributed by atoms with Crippen molar-refractivity contribution in [2.24, 2.45) is 0 Å². The summed E-state index contributed by atoms with van der Waals surface area (Å²) in [6.07, 6.45) is 0. The average molecular weight is 286 g/mol. The molecule has 0 aliphatic carbocycles. The third kappa shape index (κ3) is 3.35. The standard InChI is InChI=1S/C11H18N4O3S/c1-14-4-6-15(7-5-14)13-19(17,18)9-2-3-11(16)10(12)8-9/h2-3,8,13,16H,4-7,12H2,1H3. The summed E-state index contributed by atoms with van der Waals surface area (Å²) in [7, 11) is -1.66. The zero-order valence-electron chi connectivity index (χ0n) is 10.7. The minimum atomic E-state index is -3.65. The van der Waals surface area contributed by atoms with E-state index in [2.05, 4.69) is 9.73 Å². The van der Waals surface area contributed by atoms with Crippen LogP contribution in [-0.2, 0) is 10.0 Å². The van der Waals surface area contributed by atoms with E-state index in [1.165, 1.54) is 18.2 Å². The largest absolute Gasteiger partial charge is 0.506 e. The first-order valence-corrected chi connectivity index (χ1v) is 7.41. The maximum atomic E-state index is 12.1. The predicted octanol–water partition coefficient (Wildman–Crippen LogP) is -0.585. The molecule has 0 aromatic heterocycles. The van der Waals surface area contributed by atoms with Crippen molar-refractivity contribution in [2.45, 2.75) is 4.90 Å². The Morgan fingerprint density at radius 1 is 1.26 bits per heavy atom. The van der Waals surface area contributed by atoms with Crippen molar-refractivity contribution < 1.29 is 13.5 Å². The maximum absolute atomic E-state index is 12.1. The molecule has 0 radical (unpaired) electrons. The molecular weight excluding hydrogens is 268 g/mol. The Kier molecular flexibility index (Phi) is 3.95. The van der Waals surface area contributed by atoms with Gasteiger partial charge in [0.05, 0.1) is 10.6 Å². The summed E-state index contributed by atoms with van der Waals surface area (Å²) in [5.74, 6) is -0.126. The summed E-state index contributed by atoms with van der Waals surface area (Å²) < 4.78 is 24.3. The van der Waals surface area contributed by atoms with E-state index >= 15 is 0 Å². The summed E-state index contributed by atoms with van der Waals surface area (Å²) in [6.45, 7) is 2.87. The van der Waals surface area contributed by atoms with Crippen LogP contribution in [0.2, 0.25) is 0 Å². The number of piperazine rings is 1. The summed E-state index contributed by atoms with van der Waals surface area (Å²) >= 11 is 0. The van der Waals surface area contributed by atoms with Crippen molar-refractivity contribution in [3.05, 3.63) is 18.2 Å². The molecule has 0 saturated carbocycles. The van der Waals surface area contributed by atoms with Gasteiger partial charge in [-0.05, 0) is 25.2 Å². The molecule has 0 spiro atoms. The van der Waals surface area contributed by atoms with Gasteiger partial charge in [0.1, 0.15) is 5.75 Å². The number of nitrogens with zero attached hydrogens (tertiary/aromatic N) is 2. The molecule has 1 fully saturated rings. The Morgan fingerprint density at radius 2 is 1.89 bits per heavy atom. The van der Waals surface area contributed by atoms with E-state index < -0.39 is 10.0 Å². The van der Waals surface area contributed by atoms with Crippen LogP contribution in [0.4, 0.5) is 5.69 Å². The monoisotopic (exact) mass is 286 g/mol. The number of rotatable bonds is 3. The molecule has 2 rings (SSSR count). The van der Waals surface area contributed by atoms with E-state index in [0.717, 1.165) is 13.1 Å². The number of benzene rings is 1. The lowest BCUT2D eigenvalue weighted by Crippen LogP contribution is -2.52. The number of phenols is 1. The number of nitrogens with one attached hydrogen (secondary N) is 1. The fourth-order valence-corrected chi connectivity index (χ4v) is 2.98. The highest BCUT2D eigenvalue weighted by atomic mass is 32.2. The Balaban J connectivity index is 2.11. The van der Waals surface area contributed by atoms with Gasteiger partial charge in [0, 0.05) is 26.2 Å². The van der Waals surface area contributed by atoms with E-state index in [4.69, 9.17) is 5.73 Å². The number of nitrogen functional groups attached to an aromatic ring is 1. The van der Waals surface area contributed by atoms with Gasteiger partial charge in [-0.15, -0.1) is 4.83 Å². The van der Waals surface area contributed by atoms with Gasteiger partial charge >= 0.3 is 0 Å². The van der Waals surface area contributed by atoms with Crippen LogP contribution < -0.4 is 10.6 Å². The Hall–Kier alpha value is -1.35. The number of phenolic OH excluding ortho intramolecular Hbond substituents is 1. The number of sulfonamides is 1. The summed E-state index contributed by atoms with van der Waals surface area (Å²) in [5, 5.41) is 11.0. The lowest BCUT2D eigenvalue weighted by Gasteiger charge is -2.32. The molecule has 4 N–H and O–H groups in total. The second kappa shape index (κ2) is 5.33. The van der Waals surface area contributed by atoms with Gasteiger partial charge in [-0.2, -0.15) is 0 Å². The van der Waals surface area contributed by atoms with Gasteiger partial charge < -0.3 is 15.7 Å². The summed E-state index contributed by atoms with van der Waals surface area (Å²) in [5.41, 5.74) is 5.55. The van der Waals surface area contributed by atoms with E-state index in [0.29, 0.717) is 13.1 Å². The van der Waals surface area contributed by atoms with Crippen molar-refractivity contribution in [3.63, 3.8) is 0 Å². The number of anilines is 1. The van der Waals surface area contributed by atoms with Gasteiger partial charge in [0.15, 0.2) is 0 Å². The third-order valence-corrected chi connectivity index (χ3v) is 4.43. The van der Waals surface area contributed by atoms with Crippen molar-refractivity contribution in [1.29, 1.82) is 0 Å². The highest BCUT2D eigenvalue weighted by molar-refractivity contribution is 7.89. The van der Waals surface area contributed by atoms with Crippen molar-refractivity contribution >= 4 is 15.7 Å². The molecule has 1 aromatic rings. The fraction of sp³-hybridized carbons (Fsp3) is 0.455. The zero-order valence-corrected chi connectivity index (χ0v) is 11.5. The number of nitrogens with two attached hydrogens (primary N) is 1. The first-order valence-electron chi connectivity index (χ1n) is 5.93. The van der Waals surface area contributed by atoms with Gasteiger partial charge in [-0.25, -0.2) is 13.4 Å². The van der Waals surface area contributed by atoms with Crippen LogP contribution in [0.25, 0.3) is 0 Å². The van der Waals surface area contributed by atoms with Gasteiger partial charge in [0.25, 0.3) is 10.0 Å². The van der Waals surface area contributed by atoms with Gasteiger partial charge in [0.2, 0.25) is 0 Å². The molecule has 0 atom stereocenters. The molecule has 1 aliphatic heterocycles. The molecular formula is C11H18N4O3S.